The van der Waals surface area contributed by atoms with Gasteiger partial charge in [-0.1, -0.05) is 52.9 Å². The lowest BCUT2D eigenvalue weighted by molar-refractivity contribution is -0.110. The third-order valence-corrected chi connectivity index (χ3v) is 7.14. The van der Waals surface area contributed by atoms with E-state index in [1.54, 1.807) is 13.0 Å². The Morgan fingerprint density at radius 1 is 1.07 bits per heavy atom. The molecule has 0 aromatic heterocycles. The van der Waals surface area contributed by atoms with E-state index in [2.05, 4.69) is 33.2 Å². The summed E-state index contributed by atoms with van der Waals surface area (Å²) >= 11 is 2.48. The van der Waals surface area contributed by atoms with Crippen LogP contribution < -0.4 is 10.6 Å². The van der Waals surface area contributed by atoms with Crippen molar-refractivity contribution >= 4 is 51.2 Å². The summed E-state index contributed by atoms with van der Waals surface area (Å²) in [7, 11) is 0. The second-order valence-corrected chi connectivity index (χ2v) is 8.78. The molecule has 0 atom stereocenters. The van der Waals surface area contributed by atoms with Crippen molar-refractivity contribution in [3.63, 3.8) is 0 Å². The third-order valence-electron chi connectivity index (χ3n) is 5.90. The van der Waals surface area contributed by atoms with Crippen molar-refractivity contribution in [2.24, 2.45) is 5.92 Å². The molecule has 0 saturated heterocycles. The average Bonchev–Trinajstić information content (AvgIpc) is 3.07. The number of Topliss-reactive ketones (excluding diaryl/α,β-unsaturated/α-hetero) is 1. The minimum absolute atomic E-state index is 0.00200. The maximum atomic E-state index is 13.0. The molecule has 1 heterocycles. The molecule has 0 spiro atoms. The first-order chi connectivity index (χ1) is 14.1. The fourth-order valence-electron chi connectivity index (χ4n) is 4.20. The Morgan fingerprint density at radius 3 is 2.45 bits per heavy atom. The number of halogens is 1. The number of hydrogen-bond acceptors (Lipinski definition) is 3. The molecule has 2 aromatic rings. The Balaban J connectivity index is 1.77. The van der Waals surface area contributed by atoms with Crippen molar-refractivity contribution in [3.05, 3.63) is 65.2 Å². The summed E-state index contributed by atoms with van der Waals surface area (Å²) in [6, 6.07) is 15.8. The second kappa shape index (κ2) is 8.69. The highest BCUT2D eigenvalue weighted by Crippen LogP contribution is 2.38. The molecule has 150 valence electrons. The first-order valence-electron chi connectivity index (χ1n) is 10.2. The summed E-state index contributed by atoms with van der Waals surface area (Å²) in [4.78, 5) is 24.9. The Hall–Kier alpha value is -2.15. The standard InChI is InChI=1S/C24H25IN2O2/c1-15(28)18-9-12-21-20(13-18)22(24(29)27-21)23(17-5-3-2-4-6-17)26-19-10-7-16(14-25)8-11-19/h2-6,9,12-13,16,19,26H,7-8,10-11,14H2,1H3,(H,27,29)/b23-22-/t16-,19-. The van der Waals surface area contributed by atoms with Crippen LogP contribution in [0.25, 0.3) is 11.3 Å². The molecule has 1 amide bonds. The van der Waals surface area contributed by atoms with Gasteiger partial charge in [-0.2, -0.15) is 0 Å². The number of nitrogens with one attached hydrogen (secondary N) is 2. The number of ketones is 1. The van der Waals surface area contributed by atoms with Crippen LogP contribution in [0, 0.1) is 5.92 Å². The fraction of sp³-hybridized carbons (Fsp3) is 0.333. The van der Waals surface area contributed by atoms with Crippen molar-refractivity contribution in [1.82, 2.24) is 5.32 Å². The van der Waals surface area contributed by atoms with Gasteiger partial charge in [0.1, 0.15) is 0 Å². The van der Waals surface area contributed by atoms with Crippen LogP contribution in [0.4, 0.5) is 5.69 Å². The highest BCUT2D eigenvalue weighted by atomic mass is 127. The van der Waals surface area contributed by atoms with Crippen molar-refractivity contribution in [3.8, 4) is 0 Å². The molecule has 2 aliphatic rings. The van der Waals surface area contributed by atoms with Crippen molar-refractivity contribution in [2.45, 2.75) is 38.6 Å². The molecule has 0 bridgehead atoms. The quantitative estimate of drug-likeness (QED) is 0.254. The number of anilines is 1. The van der Waals surface area contributed by atoms with Gasteiger partial charge in [0.25, 0.3) is 5.91 Å². The van der Waals surface area contributed by atoms with Gasteiger partial charge in [0, 0.05) is 27.3 Å². The molecule has 0 unspecified atom stereocenters. The van der Waals surface area contributed by atoms with Gasteiger partial charge in [-0.3, -0.25) is 9.59 Å². The number of rotatable bonds is 5. The molecule has 2 aromatic carbocycles. The zero-order valence-corrected chi connectivity index (χ0v) is 18.7. The predicted octanol–water partition coefficient (Wildman–Crippen LogP) is 5.29. The number of benzene rings is 2. The Morgan fingerprint density at radius 2 is 1.79 bits per heavy atom. The van der Waals surface area contributed by atoms with Crippen LogP contribution in [0.1, 0.15) is 54.1 Å². The summed E-state index contributed by atoms with van der Waals surface area (Å²) in [5.74, 6) is 0.681. The van der Waals surface area contributed by atoms with E-state index in [-0.39, 0.29) is 11.7 Å². The first kappa shape index (κ1) is 20.1. The van der Waals surface area contributed by atoms with E-state index < -0.39 is 0 Å². The van der Waals surface area contributed by atoms with Crippen molar-refractivity contribution in [2.75, 3.05) is 9.74 Å². The maximum Gasteiger partial charge on any atom is 0.258 e. The monoisotopic (exact) mass is 500 g/mol. The van der Waals surface area contributed by atoms with Crippen LogP contribution in [-0.2, 0) is 4.79 Å². The fourth-order valence-corrected chi connectivity index (χ4v) is 5.09. The number of carbonyl (C=O) groups excluding carboxylic acids is 2. The third kappa shape index (κ3) is 4.25. The molecular formula is C24H25IN2O2. The highest BCUT2D eigenvalue weighted by Gasteiger charge is 2.30. The molecule has 1 saturated carbocycles. The van der Waals surface area contributed by atoms with Gasteiger partial charge in [-0.05, 0) is 62.3 Å². The lowest BCUT2D eigenvalue weighted by Gasteiger charge is -2.30. The SMILES string of the molecule is CC(=O)c1ccc2c(c1)/C(=C(/N[C@H]1CC[C@H](CI)CC1)c1ccccc1)C(=O)N2. The minimum Gasteiger partial charge on any atom is -0.381 e. The van der Waals surface area contributed by atoms with E-state index in [0.29, 0.717) is 17.2 Å². The Kier molecular flexibility index (Phi) is 6.04. The van der Waals surface area contributed by atoms with E-state index in [4.69, 9.17) is 0 Å². The molecular weight excluding hydrogens is 475 g/mol. The lowest BCUT2D eigenvalue weighted by atomic mass is 9.86. The zero-order valence-electron chi connectivity index (χ0n) is 16.5. The number of amides is 1. The van der Waals surface area contributed by atoms with Gasteiger partial charge in [0.15, 0.2) is 5.78 Å². The van der Waals surface area contributed by atoms with Gasteiger partial charge in [0.2, 0.25) is 0 Å². The maximum absolute atomic E-state index is 13.0. The molecule has 0 radical (unpaired) electrons. The Labute approximate surface area is 185 Å². The van der Waals surface area contributed by atoms with Crippen LogP contribution >= 0.6 is 22.6 Å². The van der Waals surface area contributed by atoms with E-state index in [0.717, 1.165) is 41.3 Å². The van der Waals surface area contributed by atoms with Crippen LogP contribution in [-0.4, -0.2) is 22.2 Å². The topological polar surface area (TPSA) is 58.2 Å². The van der Waals surface area contributed by atoms with Gasteiger partial charge in [0.05, 0.1) is 11.3 Å². The number of hydrogen-bond donors (Lipinski definition) is 2. The molecule has 4 nitrogen and oxygen atoms in total. The molecule has 2 N–H and O–H groups in total. The lowest BCUT2D eigenvalue weighted by Crippen LogP contribution is -2.33. The number of alkyl halides is 1. The average molecular weight is 500 g/mol. The summed E-state index contributed by atoms with van der Waals surface area (Å²) < 4.78 is 1.21. The highest BCUT2D eigenvalue weighted by molar-refractivity contribution is 14.1. The summed E-state index contributed by atoms with van der Waals surface area (Å²) in [5.41, 5.74) is 4.67. The molecule has 1 aliphatic carbocycles. The summed E-state index contributed by atoms with van der Waals surface area (Å²) in [6.07, 6.45) is 4.66. The smallest absolute Gasteiger partial charge is 0.258 e. The van der Waals surface area contributed by atoms with Gasteiger partial charge < -0.3 is 10.6 Å². The molecule has 1 fully saturated rings. The summed E-state index contributed by atoms with van der Waals surface area (Å²) in [6.45, 7) is 1.55. The minimum atomic E-state index is -0.118. The van der Waals surface area contributed by atoms with Crippen LogP contribution in [0.3, 0.4) is 0 Å². The van der Waals surface area contributed by atoms with Crippen LogP contribution in [0.15, 0.2) is 48.5 Å². The summed E-state index contributed by atoms with van der Waals surface area (Å²) in [5, 5.41) is 6.68. The van der Waals surface area contributed by atoms with E-state index in [1.807, 2.05) is 42.5 Å². The van der Waals surface area contributed by atoms with E-state index in [1.165, 1.54) is 17.3 Å². The molecule has 5 heteroatoms. The normalized spacial score (nSPS) is 22.6. The Bertz CT molecular complexity index is 960. The molecule has 1 aliphatic heterocycles. The van der Waals surface area contributed by atoms with E-state index >= 15 is 0 Å². The van der Waals surface area contributed by atoms with Crippen molar-refractivity contribution in [1.29, 1.82) is 0 Å². The van der Waals surface area contributed by atoms with Crippen LogP contribution in [0.5, 0.6) is 0 Å². The van der Waals surface area contributed by atoms with Crippen LogP contribution in [0.2, 0.25) is 0 Å². The van der Waals surface area contributed by atoms with Crippen molar-refractivity contribution < 1.29 is 9.59 Å². The van der Waals surface area contributed by atoms with Gasteiger partial charge in [-0.15, -0.1) is 0 Å². The zero-order chi connectivity index (χ0) is 20.4. The largest absolute Gasteiger partial charge is 0.381 e. The predicted molar refractivity (Wildman–Crippen MR) is 126 cm³/mol. The number of fused-ring (bicyclic) bond motifs is 1. The van der Waals surface area contributed by atoms with Gasteiger partial charge in [-0.25, -0.2) is 0 Å². The second-order valence-electron chi connectivity index (χ2n) is 7.90. The number of carbonyl (C=O) groups is 2. The molecule has 4 rings (SSSR count). The molecule has 29 heavy (non-hydrogen) atoms. The van der Waals surface area contributed by atoms with E-state index in [9.17, 15) is 9.59 Å². The first-order valence-corrected chi connectivity index (χ1v) is 11.7. The van der Waals surface area contributed by atoms with Gasteiger partial charge >= 0.3 is 0 Å².